The molecule has 9 heteroatoms. The molecule has 11 atom stereocenters. The van der Waals surface area contributed by atoms with E-state index >= 15 is 0 Å². The molecule has 0 bridgehead atoms. The Kier molecular flexibility index (Phi) is 6.36. The molecule has 5 aliphatic rings. The van der Waals surface area contributed by atoms with Gasteiger partial charge in [-0.3, -0.25) is 9.59 Å². The van der Waals surface area contributed by atoms with Gasteiger partial charge in [-0.2, -0.15) is 0 Å². The predicted molar refractivity (Wildman–Crippen MR) is 125 cm³/mol. The van der Waals surface area contributed by atoms with Gasteiger partial charge >= 0.3 is 5.97 Å². The molecule has 4 aliphatic carbocycles. The maximum atomic E-state index is 13.3. The van der Waals surface area contributed by atoms with Crippen LogP contribution in [0.2, 0.25) is 0 Å². The van der Waals surface area contributed by atoms with Crippen molar-refractivity contribution < 1.29 is 44.3 Å². The molecular weight excluding hydrogens is 468 g/mol. The van der Waals surface area contributed by atoms with Crippen molar-refractivity contribution in [2.45, 2.75) is 70.2 Å². The lowest BCUT2D eigenvalue weighted by atomic mass is 9.49. The van der Waals surface area contributed by atoms with Crippen LogP contribution in [-0.2, 0) is 23.9 Å². The number of aliphatic hydroxyl groups excluding tert-OH is 3. The molecule has 2 saturated carbocycles. The van der Waals surface area contributed by atoms with Crippen LogP contribution in [0.5, 0.6) is 0 Å². The van der Waals surface area contributed by atoms with Crippen LogP contribution >= 0.6 is 0 Å². The van der Waals surface area contributed by atoms with Crippen LogP contribution in [0.15, 0.2) is 36.0 Å². The summed E-state index contributed by atoms with van der Waals surface area (Å²) in [6, 6.07) is 0. The number of carboxylic acid groups (broad SMARTS) is 1. The van der Waals surface area contributed by atoms with Crippen molar-refractivity contribution in [1.29, 1.82) is 0 Å². The zero-order valence-electron chi connectivity index (χ0n) is 20.4. The topological polar surface area (TPSA) is 151 Å². The van der Waals surface area contributed by atoms with Crippen molar-refractivity contribution in [3.63, 3.8) is 0 Å². The number of aliphatic hydroxyl groups is 3. The van der Waals surface area contributed by atoms with Gasteiger partial charge in [0.25, 0.3) is 0 Å². The largest absolute Gasteiger partial charge is 0.479 e. The van der Waals surface area contributed by atoms with E-state index in [1.165, 1.54) is 0 Å². The number of ketones is 2. The molecule has 36 heavy (non-hydrogen) atoms. The van der Waals surface area contributed by atoms with E-state index in [1.807, 2.05) is 6.08 Å². The molecule has 1 aliphatic heterocycles. The SMILES string of the molecule is C[C@]12C=CC(=O)C=C1C=CC1C2CC[C@@]2(C)C1CC[C@@H]2C(=O)COC1O[C@H](C(=O)O)[C@@H](O)[C@H](O)[C@H]1O. The fourth-order valence-electron chi connectivity index (χ4n) is 7.63. The first kappa shape index (κ1) is 25.5. The van der Waals surface area contributed by atoms with Gasteiger partial charge in [-0.25, -0.2) is 4.79 Å². The molecule has 0 aromatic rings. The zero-order valence-corrected chi connectivity index (χ0v) is 20.4. The van der Waals surface area contributed by atoms with Crippen LogP contribution in [0.1, 0.15) is 39.5 Å². The Morgan fingerprint density at radius 3 is 2.53 bits per heavy atom. The van der Waals surface area contributed by atoms with E-state index in [0.29, 0.717) is 24.2 Å². The molecular formula is C27H34O9. The van der Waals surface area contributed by atoms with E-state index < -0.39 is 36.7 Å². The average molecular weight is 503 g/mol. The molecule has 0 aromatic heterocycles. The Hall–Kier alpha value is -2.17. The number of carboxylic acids is 1. The summed E-state index contributed by atoms with van der Waals surface area (Å²) in [4.78, 5) is 36.6. The van der Waals surface area contributed by atoms with Gasteiger partial charge in [0.2, 0.25) is 0 Å². The van der Waals surface area contributed by atoms with E-state index in [4.69, 9.17) is 9.47 Å². The first-order chi connectivity index (χ1) is 17.0. The van der Waals surface area contributed by atoms with Crippen LogP contribution in [0.25, 0.3) is 0 Å². The Morgan fingerprint density at radius 1 is 1.06 bits per heavy atom. The molecule has 3 fully saturated rings. The van der Waals surface area contributed by atoms with Gasteiger partial charge in [-0.1, -0.05) is 32.1 Å². The number of Topliss-reactive ketones (excluding diaryl/α,β-unsaturated/α-hetero) is 1. The standard InChI is InChI=1S/C27H34O9/c1-26-9-7-14(28)11-13(26)3-4-15-16-5-6-18(27(16,2)10-8-17(15)26)19(29)12-35-25-22(32)20(30)21(31)23(36-25)24(33)34/h3-4,7,9,11,15-18,20-23,25,30-32H,5-6,8,10,12H2,1-2H3,(H,33,34)/t15?,16?,17?,18-,20+,21+,22-,23+,25?,26+,27+/m1/s1. The molecule has 5 rings (SSSR count). The van der Waals surface area contributed by atoms with Gasteiger partial charge in [-0.15, -0.1) is 0 Å². The van der Waals surface area contributed by atoms with E-state index in [-0.39, 0.29) is 34.9 Å². The van der Waals surface area contributed by atoms with Crippen molar-refractivity contribution in [3.8, 4) is 0 Å². The Balaban J connectivity index is 1.28. The van der Waals surface area contributed by atoms with Crippen molar-refractivity contribution in [3.05, 3.63) is 36.0 Å². The molecule has 1 heterocycles. The van der Waals surface area contributed by atoms with Crippen LogP contribution in [0.4, 0.5) is 0 Å². The second-order valence-electron chi connectivity index (χ2n) is 11.5. The molecule has 0 aromatic carbocycles. The van der Waals surface area contributed by atoms with E-state index in [1.54, 1.807) is 12.2 Å². The van der Waals surface area contributed by atoms with E-state index in [2.05, 4.69) is 26.0 Å². The quantitative estimate of drug-likeness (QED) is 0.434. The minimum atomic E-state index is -1.81. The average Bonchev–Trinajstić information content (AvgIpc) is 3.19. The number of fused-ring (bicyclic) bond motifs is 5. The van der Waals surface area contributed by atoms with Crippen LogP contribution < -0.4 is 0 Å². The molecule has 4 unspecified atom stereocenters. The highest BCUT2D eigenvalue weighted by Crippen LogP contribution is 2.64. The fourth-order valence-corrected chi connectivity index (χ4v) is 7.63. The van der Waals surface area contributed by atoms with Gasteiger partial charge in [0.05, 0.1) is 0 Å². The van der Waals surface area contributed by atoms with Crippen LogP contribution in [-0.4, -0.2) is 75.3 Å². The number of allylic oxidation sites excluding steroid dienone is 6. The minimum absolute atomic E-state index is 0.0153. The lowest BCUT2D eigenvalue weighted by molar-refractivity contribution is -0.292. The summed E-state index contributed by atoms with van der Waals surface area (Å²) in [6.07, 6.45) is 4.56. The third-order valence-electron chi connectivity index (χ3n) is 9.71. The summed E-state index contributed by atoms with van der Waals surface area (Å²) in [6.45, 7) is 3.98. The second-order valence-corrected chi connectivity index (χ2v) is 11.5. The van der Waals surface area contributed by atoms with Gasteiger partial charge < -0.3 is 29.9 Å². The number of carbonyl (C=O) groups is 3. The summed E-state index contributed by atoms with van der Waals surface area (Å²) < 4.78 is 10.6. The van der Waals surface area contributed by atoms with Gasteiger partial charge in [0.1, 0.15) is 24.9 Å². The molecule has 0 radical (unpaired) electrons. The molecule has 4 N–H and O–H groups in total. The smallest absolute Gasteiger partial charge is 0.335 e. The number of ether oxygens (including phenoxy) is 2. The summed E-state index contributed by atoms with van der Waals surface area (Å²) in [5.74, 6) is -0.933. The minimum Gasteiger partial charge on any atom is -0.479 e. The van der Waals surface area contributed by atoms with Crippen LogP contribution in [0, 0.1) is 34.5 Å². The van der Waals surface area contributed by atoms with Crippen molar-refractivity contribution in [1.82, 2.24) is 0 Å². The lowest BCUT2D eigenvalue weighted by Crippen LogP contribution is -2.60. The highest BCUT2D eigenvalue weighted by molar-refractivity contribution is 6.01. The Morgan fingerprint density at radius 2 is 1.81 bits per heavy atom. The summed E-state index contributed by atoms with van der Waals surface area (Å²) in [7, 11) is 0. The number of rotatable bonds is 5. The van der Waals surface area contributed by atoms with Gasteiger partial charge in [-0.05, 0) is 66.6 Å². The monoisotopic (exact) mass is 502 g/mol. The number of hydrogen-bond acceptors (Lipinski definition) is 8. The summed E-state index contributed by atoms with van der Waals surface area (Å²) in [5.41, 5.74) is 0.626. The molecule has 196 valence electrons. The van der Waals surface area contributed by atoms with E-state index in [0.717, 1.165) is 24.8 Å². The first-order valence-electron chi connectivity index (χ1n) is 12.7. The third kappa shape index (κ3) is 3.83. The maximum Gasteiger partial charge on any atom is 0.335 e. The van der Waals surface area contributed by atoms with Gasteiger partial charge in [0.15, 0.2) is 24.0 Å². The highest BCUT2D eigenvalue weighted by atomic mass is 16.7. The maximum absolute atomic E-state index is 13.3. The summed E-state index contributed by atoms with van der Waals surface area (Å²) >= 11 is 0. The number of hydrogen-bond donors (Lipinski definition) is 4. The van der Waals surface area contributed by atoms with E-state index in [9.17, 15) is 34.8 Å². The Labute approximate surface area is 209 Å². The molecule has 0 spiro atoms. The normalized spacial score (nSPS) is 47.5. The van der Waals surface area contributed by atoms with Crippen LogP contribution in [0.3, 0.4) is 0 Å². The molecule has 9 nitrogen and oxygen atoms in total. The second kappa shape index (κ2) is 8.99. The summed E-state index contributed by atoms with van der Waals surface area (Å²) in [5, 5.41) is 39.2. The first-order valence-corrected chi connectivity index (χ1v) is 12.7. The Bertz CT molecular complexity index is 1050. The van der Waals surface area contributed by atoms with Crippen molar-refractivity contribution in [2.75, 3.05) is 6.61 Å². The number of carbonyl (C=O) groups excluding carboxylic acids is 2. The lowest BCUT2D eigenvalue weighted by Gasteiger charge is -2.54. The van der Waals surface area contributed by atoms with Crippen molar-refractivity contribution in [2.24, 2.45) is 34.5 Å². The number of aliphatic carboxylic acids is 1. The molecule has 1 saturated heterocycles. The highest BCUT2D eigenvalue weighted by Gasteiger charge is 2.59. The molecule has 0 amide bonds. The third-order valence-corrected chi connectivity index (χ3v) is 9.71. The zero-order chi connectivity index (χ0) is 26.0. The predicted octanol–water partition coefficient (Wildman–Crippen LogP) is 1.16. The van der Waals surface area contributed by atoms with Crippen molar-refractivity contribution >= 4 is 17.5 Å². The fraction of sp³-hybridized carbons (Fsp3) is 0.667. The van der Waals surface area contributed by atoms with Gasteiger partial charge in [0, 0.05) is 11.3 Å².